The van der Waals surface area contributed by atoms with Gasteiger partial charge >= 0.3 is 0 Å². The van der Waals surface area contributed by atoms with E-state index in [0.29, 0.717) is 6.42 Å². The molecule has 2 fully saturated rings. The van der Waals surface area contributed by atoms with Crippen molar-refractivity contribution in [1.29, 1.82) is 0 Å². The Labute approximate surface area is 119 Å². The Balaban J connectivity index is 2.15. The van der Waals surface area contributed by atoms with Gasteiger partial charge in [0.25, 0.3) is 0 Å². The molecule has 0 aromatic carbocycles. The molecule has 2 rings (SSSR count). The molecule has 0 radical (unpaired) electrons. The van der Waals surface area contributed by atoms with Crippen molar-refractivity contribution in [3.8, 4) is 0 Å². The number of nitrogens with zero attached hydrogens (tertiary/aromatic N) is 1. The van der Waals surface area contributed by atoms with Gasteiger partial charge in [0, 0.05) is 12.8 Å². The topological polar surface area (TPSA) is 83.6 Å². The predicted octanol–water partition coefficient (Wildman–Crippen LogP) is -0.0633. The van der Waals surface area contributed by atoms with E-state index in [1.807, 2.05) is 6.92 Å². The molecule has 0 aromatic heterocycles. The van der Waals surface area contributed by atoms with Crippen LogP contribution in [-0.2, 0) is 19.4 Å². The maximum absolute atomic E-state index is 12.4. The molecule has 1 saturated carbocycles. The van der Waals surface area contributed by atoms with Crippen LogP contribution in [0.5, 0.6) is 0 Å². The van der Waals surface area contributed by atoms with E-state index in [1.54, 1.807) is 0 Å². The van der Waals surface area contributed by atoms with Crippen LogP contribution in [0.1, 0.15) is 32.6 Å². The molecule has 6 nitrogen and oxygen atoms in total. The van der Waals surface area contributed by atoms with Crippen LogP contribution in [0.15, 0.2) is 0 Å². The van der Waals surface area contributed by atoms with Crippen molar-refractivity contribution in [3.63, 3.8) is 0 Å². The van der Waals surface area contributed by atoms with Crippen molar-refractivity contribution in [2.75, 3.05) is 18.6 Å². The van der Waals surface area contributed by atoms with Gasteiger partial charge < -0.3 is 10.2 Å². The number of carbonyl (C=O) groups is 2. The van der Waals surface area contributed by atoms with Crippen molar-refractivity contribution >= 4 is 21.7 Å². The van der Waals surface area contributed by atoms with E-state index in [-0.39, 0.29) is 30.0 Å². The highest BCUT2D eigenvalue weighted by Crippen LogP contribution is 2.37. The maximum Gasteiger partial charge on any atom is 0.245 e. The molecular formula is C13H22N2O4S. The number of hydrogen-bond donors (Lipinski definition) is 1. The molecule has 0 bridgehead atoms. The molecule has 1 aliphatic carbocycles. The summed E-state index contributed by atoms with van der Waals surface area (Å²) in [5, 5.41) is 2.79. The lowest BCUT2D eigenvalue weighted by Gasteiger charge is -2.39. The van der Waals surface area contributed by atoms with Crippen molar-refractivity contribution < 1.29 is 18.0 Å². The molecule has 1 heterocycles. The smallest absolute Gasteiger partial charge is 0.245 e. The average Bonchev–Trinajstić information content (AvgIpc) is 3.14. The molecule has 7 heteroatoms. The molecule has 1 aliphatic heterocycles. The fourth-order valence-corrected chi connectivity index (χ4v) is 3.20. The third-order valence-electron chi connectivity index (χ3n) is 3.85. The van der Waals surface area contributed by atoms with Gasteiger partial charge in [0.15, 0.2) is 0 Å². The Hall–Kier alpha value is -1.11. The standard InChI is InChI=1S/C13H22N2O4S/c1-3-4-10-13(17)15(7-8-20(2,18)19)11(9-5-6-9)12(16)14-10/h9-11H,3-8H2,1-2H3,(H,14,16). The van der Waals surface area contributed by atoms with E-state index < -0.39 is 21.9 Å². The minimum Gasteiger partial charge on any atom is -0.342 e. The molecule has 0 aromatic rings. The van der Waals surface area contributed by atoms with Gasteiger partial charge in [-0.05, 0) is 25.2 Å². The SMILES string of the molecule is CCCC1NC(=O)C(C2CC2)N(CCS(C)(=O)=O)C1=O. The van der Waals surface area contributed by atoms with Gasteiger partial charge in [-0.15, -0.1) is 0 Å². The third-order valence-corrected chi connectivity index (χ3v) is 4.78. The molecule has 20 heavy (non-hydrogen) atoms. The largest absolute Gasteiger partial charge is 0.342 e. The van der Waals surface area contributed by atoms with Gasteiger partial charge in [-0.25, -0.2) is 8.42 Å². The highest BCUT2D eigenvalue weighted by atomic mass is 32.2. The zero-order valence-corrected chi connectivity index (χ0v) is 12.8. The lowest BCUT2D eigenvalue weighted by molar-refractivity contribution is -0.150. The van der Waals surface area contributed by atoms with Crippen LogP contribution in [0, 0.1) is 5.92 Å². The normalized spacial score (nSPS) is 27.6. The summed E-state index contributed by atoms with van der Waals surface area (Å²) in [5.41, 5.74) is 0. The molecule has 2 unspecified atom stereocenters. The van der Waals surface area contributed by atoms with Gasteiger partial charge in [-0.3, -0.25) is 9.59 Å². The predicted molar refractivity (Wildman–Crippen MR) is 74.8 cm³/mol. The van der Waals surface area contributed by atoms with Gasteiger partial charge in [0.05, 0.1) is 5.75 Å². The number of sulfone groups is 1. The van der Waals surface area contributed by atoms with Crippen molar-refractivity contribution in [2.45, 2.75) is 44.7 Å². The number of amides is 2. The Bertz CT molecular complexity index is 499. The van der Waals surface area contributed by atoms with Crippen LogP contribution >= 0.6 is 0 Å². The summed E-state index contributed by atoms with van der Waals surface area (Å²) in [6.45, 7) is 2.07. The first-order valence-corrected chi connectivity index (χ1v) is 9.18. The second-order valence-electron chi connectivity index (χ2n) is 5.79. The average molecular weight is 302 g/mol. The zero-order valence-electron chi connectivity index (χ0n) is 12.0. The summed E-state index contributed by atoms with van der Waals surface area (Å²) in [6.07, 6.45) is 4.40. The summed E-state index contributed by atoms with van der Waals surface area (Å²) in [5.74, 6) is -0.152. The summed E-state index contributed by atoms with van der Waals surface area (Å²) < 4.78 is 22.6. The third kappa shape index (κ3) is 3.50. The van der Waals surface area contributed by atoms with E-state index in [9.17, 15) is 18.0 Å². The minimum absolute atomic E-state index is 0.0892. The monoisotopic (exact) mass is 302 g/mol. The molecule has 2 atom stereocenters. The van der Waals surface area contributed by atoms with E-state index in [4.69, 9.17) is 0 Å². The first-order valence-electron chi connectivity index (χ1n) is 7.12. The van der Waals surface area contributed by atoms with Crippen LogP contribution in [0.2, 0.25) is 0 Å². The Morgan fingerprint density at radius 1 is 1.30 bits per heavy atom. The number of piperazine rings is 1. The van der Waals surface area contributed by atoms with E-state index in [2.05, 4.69) is 5.32 Å². The number of rotatable bonds is 6. The van der Waals surface area contributed by atoms with Gasteiger partial charge in [0.1, 0.15) is 21.9 Å². The van der Waals surface area contributed by atoms with E-state index >= 15 is 0 Å². The molecule has 1 N–H and O–H groups in total. The fourth-order valence-electron chi connectivity index (χ4n) is 2.68. The first kappa shape index (κ1) is 15.3. The van der Waals surface area contributed by atoms with Crippen LogP contribution in [0.3, 0.4) is 0 Å². The highest BCUT2D eigenvalue weighted by Gasteiger charge is 2.47. The van der Waals surface area contributed by atoms with Crippen LogP contribution in [0.25, 0.3) is 0 Å². The molecule has 2 amide bonds. The first-order chi connectivity index (χ1) is 9.33. The summed E-state index contributed by atoms with van der Waals surface area (Å²) in [6, 6.07) is -0.973. The highest BCUT2D eigenvalue weighted by molar-refractivity contribution is 7.90. The minimum atomic E-state index is -3.15. The Morgan fingerprint density at radius 2 is 1.95 bits per heavy atom. The van der Waals surface area contributed by atoms with E-state index in [0.717, 1.165) is 25.5 Å². The molecular weight excluding hydrogens is 280 g/mol. The van der Waals surface area contributed by atoms with Crippen molar-refractivity contribution in [1.82, 2.24) is 10.2 Å². The maximum atomic E-state index is 12.4. The lowest BCUT2D eigenvalue weighted by Crippen LogP contribution is -2.64. The van der Waals surface area contributed by atoms with E-state index in [1.165, 1.54) is 4.90 Å². The van der Waals surface area contributed by atoms with Crippen molar-refractivity contribution in [3.05, 3.63) is 0 Å². The summed E-state index contributed by atoms with van der Waals surface area (Å²) in [7, 11) is -3.15. The number of hydrogen-bond acceptors (Lipinski definition) is 4. The van der Waals surface area contributed by atoms with Gasteiger partial charge in [-0.2, -0.15) is 0 Å². The van der Waals surface area contributed by atoms with Crippen LogP contribution in [0.4, 0.5) is 0 Å². The van der Waals surface area contributed by atoms with Gasteiger partial charge in [-0.1, -0.05) is 13.3 Å². The fraction of sp³-hybridized carbons (Fsp3) is 0.846. The van der Waals surface area contributed by atoms with Crippen LogP contribution < -0.4 is 5.32 Å². The molecule has 1 saturated heterocycles. The number of carbonyl (C=O) groups excluding carboxylic acids is 2. The van der Waals surface area contributed by atoms with Crippen molar-refractivity contribution in [2.24, 2.45) is 5.92 Å². The molecule has 0 spiro atoms. The molecule has 2 aliphatic rings. The quantitative estimate of drug-likeness (QED) is 0.745. The molecule has 114 valence electrons. The Kier molecular flexibility index (Phi) is 4.36. The second-order valence-corrected chi connectivity index (χ2v) is 8.05. The summed E-state index contributed by atoms with van der Waals surface area (Å²) >= 11 is 0. The van der Waals surface area contributed by atoms with Gasteiger partial charge in [0.2, 0.25) is 11.8 Å². The second kappa shape index (κ2) is 5.71. The number of nitrogens with one attached hydrogen (secondary N) is 1. The Morgan fingerprint density at radius 3 is 2.45 bits per heavy atom. The summed E-state index contributed by atoms with van der Waals surface area (Å²) in [4.78, 5) is 26.1. The van der Waals surface area contributed by atoms with Crippen LogP contribution in [-0.4, -0.2) is 55.8 Å². The zero-order chi connectivity index (χ0) is 14.9. The lowest BCUT2D eigenvalue weighted by atomic mass is 10.0.